The third kappa shape index (κ3) is 2.12. The Balaban J connectivity index is 1.98. The molecular weight excluding hydrogens is 190 g/mol. The lowest BCUT2D eigenvalue weighted by molar-refractivity contribution is -0.127. The van der Waals surface area contributed by atoms with Crippen LogP contribution < -0.4 is 10.1 Å². The van der Waals surface area contributed by atoms with E-state index in [1.807, 2.05) is 31.2 Å². The van der Waals surface area contributed by atoms with Gasteiger partial charge in [-0.15, -0.1) is 0 Å². The summed E-state index contributed by atoms with van der Waals surface area (Å²) >= 11 is 0. The van der Waals surface area contributed by atoms with E-state index in [1.165, 1.54) is 0 Å². The zero-order valence-corrected chi connectivity index (χ0v) is 8.82. The van der Waals surface area contributed by atoms with E-state index in [1.54, 1.807) is 0 Å². The van der Waals surface area contributed by atoms with Crippen molar-refractivity contribution in [3.8, 4) is 5.75 Å². The van der Waals surface area contributed by atoms with Gasteiger partial charge in [0.05, 0.1) is 0 Å². The number of para-hydroxylation sites is 1. The van der Waals surface area contributed by atoms with Crippen molar-refractivity contribution in [3.05, 3.63) is 29.8 Å². The summed E-state index contributed by atoms with van der Waals surface area (Å²) < 4.78 is 5.55. The summed E-state index contributed by atoms with van der Waals surface area (Å²) in [5.74, 6) is 0.835. The maximum Gasteiger partial charge on any atom is 0.261 e. The van der Waals surface area contributed by atoms with Gasteiger partial charge >= 0.3 is 0 Å². The first-order valence-electron chi connectivity index (χ1n) is 5.33. The Hall–Kier alpha value is -1.51. The highest BCUT2D eigenvalue weighted by Crippen LogP contribution is 2.27. The van der Waals surface area contributed by atoms with Crippen LogP contribution in [0.3, 0.4) is 0 Å². The molecular formula is C12H15NO2. The smallest absolute Gasteiger partial charge is 0.261 e. The number of benzene rings is 1. The molecule has 1 atom stereocenters. The van der Waals surface area contributed by atoms with Crippen molar-refractivity contribution >= 4 is 5.91 Å². The zero-order chi connectivity index (χ0) is 10.7. The van der Waals surface area contributed by atoms with Crippen molar-refractivity contribution in [2.45, 2.75) is 25.9 Å². The highest BCUT2D eigenvalue weighted by Gasteiger charge is 2.28. The molecule has 15 heavy (non-hydrogen) atoms. The SMILES string of the molecule is CCCNC(=O)C1Cc2ccccc2O1. The van der Waals surface area contributed by atoms with E-state index in [9.17, 15) is 4.79 Å². The van der Waals surface area contributed by atoms with E-state index in [-0.39, 0.29) is 12.0 Å². The lowest BCUT2D eigenvalue weighted by Crippen LogP contribution is -2.37. The number of rotatable bonds is 3. The van der Waals surface area contributed by atoms with Crippen LogP contribution in [0, 0.1) is 0 Å². The highest BCUT2D eigenvalue weighted by atomic mass is 16.5. The highest BCUT2D eigenvalue weighted by molar-refractivity contribution is 5.82. The van der Waals surface area contributed by atoms with E-state index >= 15 is 0 Å². The fourth-order valence-corrected chi connectivity index (χ4v) is 1.69. The van der Waals surface area contributed by atoms with Gasteiger partial charge in [-0.05, 0) is 18.1 Å². The number of amides is 1. The van der Waals surface area contributed by atoms with Gasteiger partial charge in [0.25, 0.3) is 5.91 Å². The summed E-state index contributed by atoms with van der Waals surface area (Å²) in [7, 11) is 0. The fraction of sp³-hybridized carbons (Fsp3) is 0.417. The van der Waals surface area contributed by atoms with E-state index in [4.69, 9.17) is 4.74 Å². The summed E-state index contributed by atoms with van der Waals surface area (Å²) in [5.41, 5.74) is 1.12. The Kier molecular flexibility index (Phi) is 2.90. The van der Waals surface area contributed by atoms with Gasteiger partial charge in [0.1, 0.15) is 5.75 Å². The molecule has 1 aliphatic heterocycles. The summed E-state index contributed by atoms with van der Waals surface area (Å²) in [6.45, 7) is 2.75. The predicted molar refractivity (Wildman–Crippen MR) is 57.9 cm³/mol. The standard InChI is InChI=1S/C12H15NO2/c1-2-7-13-12(14)11-8-9-5-3-4-6-10(9)15-11/h3-6,11H,2,7-8H2,1H3,(H,13,14). The zero-order valence-electron chi connectivity index (χ0n) is 8.82. The maximum atomic E-state index is 11.6. The first-order valence-corrected chi connectivity index (χ1v) is 5.33. The third-order valence-electron chi connectivity index (χ3n) is 2.49. The minimum atomic E-state index is -0.339. The number of carbonyl (C=O) groups is 1. The molecule has 80 valence electrons. The number of fused-ring (bicyclic) bond motifs is 1. The third-order valence-corrected chi connectivity index (χ3v) is 2.49. The first kappa shape index (κ1) is 10.0. The van der Waals surface area contributed by atoms with Gasteiger partial charge < -0.3 is 10.1 Å². The van der Waals surface area contributed by atoms with Gasteiger partial charge in [-0.1, -0.05) is 25.1 Å². The molecule has 1 unspecified atom stereocenters. The van der Waals surface area contributed by atoms with Crippen molar-refractivity contribution in [2.24, 2.45) is 0 Å². The molecule has 1 amide bonds. The number of hydrogen-bond acceptors (Lipinski definition) is 2. The monoisotopic (exact) mass is 205 g/mol. The quantitative estimate of drug-likeness (QED) is 0.812. The molecule has 3 heteroatoms. The molecule has 0 spiro atoms. The molecule has 0 aromatic heterocycles. The van der Waals surface area contributed by atoms with Crippen LogP contribution in [0.15, 0.2) is 24.3 Å². The molecule has 1 aromatic carbocycles. The number of carbonyl (C=O) groups excluding carboxylic acids is 1. The Morgan fingerprint density at radius 3 is 3.07 bits per heavy atom. The lowest BCUT2D eigenvalue weighted by Gasteiger charge is -2.10. The van der Waals surface area contributed by atoms with Crippen LogP contribution in [-0.4, -0.2) is 18.6 Å². The summed E-state index contributed by atoms with van der Waals surface area (Å²) in [6, 6.07) is 7.80. The summed E-state index contributed by atoms with van der Waals surface area (Å²) in [6.07, 6.45) is 1.30. The molecule has 1 N–H and O–H groups in total. The van der Waals surface area contributed by atoms with Crippen molar-refractivity contribution in [1.29, 1.82) is 0 Å². The van der Waals surface area contributed by atoms with Crippen LogP contribution in [0.5, 0.6) is 5.75 Å². The van der Waals surface area contributed by atoms with Gasteiger partial charge in [-0.25, -0.2) is 0 Å². The molecule has 0 fully saturated rings. The number of nitrogens with one attached hydrogen (secondary N) is 1. The summed E-state index contributed by atoms with van der Waals surface area (Å²) in [5, 5.41) is 2.85. The molecule has 2 rings (SSSR count). The Labute approximate surface area is 89.4 Å². The minimum Gasteiger partial charge on any atom is -0.480 e. The molecule has 1 aromatic rings. The van der Waals surface area contributed by atoms with E-state index < -0.39 is 0 Å². The largest absolute Gasteiger partial charge is 0.480 e. The average molecular weight is 205 g/mol. The van der Waals surface area contributed by atoms with Crippen LogP contribution in [0.1, 0.15) is 18.9 Å². The van der Waals surface area contributed by atoms with Gasteiger partial charge in [-0.2, -0.15) is 0 Å². The van der Waals surface area contributed by atoms with Gasteiger partial charge in [0, 0.05) is 13.0 Å². The molecule has 1 aliphatic rings. The van der Waals surface area contributed by atoms with Gasteiger partial charge in [0.15, 0.2) is 6.10 Å². The van der Waals surface area contributed by atoms with E-state index in [0.29, 0.717) is 6.42 Å². The minimum absolute atomic E-state index is 0.00644. The molecule has 0 saturated carbocycles. The second kappa shape index (κ2) is 4.34. The van der Waals surface area contributed by atoms with Crippen molar-refractivity contribution in [3.63, 3.8) is 0 Å². The van der Waals surface area contributed by atoms with Crippen molar-refractivity contribution in [1.82, 2.24) is 5.32 Å². The van der Waals surface area contributed by atoms with Gasteiger partial charge in [-0.3, -0.25) is 4.79 Å². The molecule has 1 heterocycles. The second-order valence-corrected chi connectivity index (χ2v) is 3.71. The number of hydrogen-bond donors (Lipinski definition) is 1. The molecule has 0 radical (unpaired) electrons. The van der Waals surface area contributed by atoms with E-state index in [0.717, 1.165) is 24.3 Å². The van der Waals surface area contributed by atoms with Crippen LogP contribution in [-0.2, 0) is 11.2 Å². The molecule has 3 nitrogen and oxygen atoms in total. The van der Waals surface area contributed by atoms with Crippen LogP contribution in [0.4, 0.5) is 0 Å². The Morgan fingerprint density at radius 1 is 1.53 bits per heavy atom. The van der Waals surface area contributed by atoms with Crippen LogP contribution >= 0.6 is 0 Å². The van der Waals surface area contributed by atoms with E-state index in [2.05, 4.69) is 5.32 Å². The molecule has 0 aliphatic carbocycles. The maximum absolute atomic E-state index is 11.6. The number of ether oxygens (including phenoxy) is 1. The Bertz CT molecular complexity index is 337. The normalized spacial score (nSPS) is 18.1. The molecule has 0 bridgehead atoms. The van der Waals surface area contributed by atoms with Crippen LogP contribution in [0.25, 0.3) is 0 Å². The lowest BCUT2D eigenvalue weighted by atomic mass is 10.1. The van der Waals surface area contributed by atoms with Crippen LogP contribution in [0.2, 0.25) is 0 Å². The average Bonchev–Trinajstić information content (AvgIpc) is 2.69. The van der Waals surface area contributed by atoms with Crippen molar-refractivity contribution in [2.75, 3.05) is 6.54 Å². The first-order chi connectivity index (χ1) is 7.31. The summed E-state index contributed by atoms with van der Waals surface area (Å²) in [4.78, 5) is 11.6. The fourth-order valence-electron chi connectivity index (χ4n) is 1.69. The topological polar surface area (TPSA) is 38.3 Å². The second-order valence-electron chi connectivity index (χ2n) is 3.71. The van der Waals surface area contributed by atoms with Gasteiger partial charge in [0.2, 0.25) is 0 Å². The molecule has 0 saturated heterocycles. The van der Waals surface area contributed by atoms with Crippen molar-refractivity contribution < 1.29 is 9.53 Å². The Morgan fingerprint density at radius 2 is 2.33 bits per heavy atom. The predicted octanol–water partition coefficient (Wildman–Crippen LogP) is 1.52.